The fraction of sp³-hybridized carbons (Fsp3) is 0.450. The van der Waals surface area contributed by atoms with Crippen molar-refractivity contribution in [2.75, 3.05) is 19.6 Å². The number of hydrogen-bond donors (Lipinski definition) is 1. The zero-order valence-corrected chi connectivity index (χ0v) is 15.6. The van der Waals surface area contributed by atoms with Gasteiger partial charge in [-0.25, -0.2) is 0 Å². The number of nitrogens with zero attached hydrogens (tertiary/aromatic N) is 4. The maximum absolute atomic E-state index is 12.2. The normalized spacial score (nSPS) is 14.4. The van der Waals surface area contributed by atoms with E-state index < -0.39 is 0 Å². The minimum absolute atomic E-state index is 0.00681. The molecule has 0 aliphatic carbocycles. The van der Waals surface area contributed by atoms with Crippen LogP contribution < -0.4 is 5.32 Å². The third-order valence-electron chi connectivity index (χ3n) is 4.60. The summed E-state index contributed by atoms with van der Waals surface area (Å²) in [5.41, 5.74) is 2.36. The molecular formula is C20H27N5O. The Bertz CT molecular complexity index is 762. The first-order chi connectivity index (χ1) is 12.6. The zero-order chi connectivity index (χ0) is 18.4. The highest BCUT2D eigenvalue weighted by Gasteiger charge is 2.18. The molecule has 0 radical (unpaired) electrons. The Morgan fingerprint density at radius 3 is 2.73 bits per heavy atom. The van der Waals surface area contributed by atoms with Crippen molar-refractivity contribution >= 4 is 5.91 Å². The molecule has 0 unspecified atom stereocenters. The Hall–Kier alpha value is -2.47. The smallest absolute Gasteiger partial charge is 0.224 e. The van der Waals surface area contributed by atoms with Crippen LogP contribution in [0, 0.1) is 0 Å². The van der Waals surface area contributed by atoms with Crippen LogP contribution in [0.3, 0.4) is 0 Å². The second-order valence-corrected chi connectivity index (χ2v) is 6.96. The van der Waals surface area contributed by atoms with Crippen molar-refractivity contribution in [1.29, 1.82) is 0 Å². The Labute approximate surface area is 154 Å². The van der Waals surface area contributed by atoms with Crippen molar-refractivity contribution in [3.05, 3.63) is 59.2 Å². The molecule has 0 atom stereocenters. The molecule has 2 aromatic rings. The van der Waals surface area contributed by atoms with Gasteiger partial charge in [-0.15, -0.1) is 10.2 Å². The second kappa shape index (κ2) is 8.76. The van der Waals surface area contributed by atoms with Gasteiger partial charge < -0.3 is 9.88 Å². The zero-order valence-electron chi connectivity index (χ0n) is 15.6. The van der Waals surface area contributed by atoms with E-state index in [2.05, 4.69) is 44.9 Å². The maximum atomic E-state index is 12.2. The highest BCUT2D eigenvalue weighted by Crippen LogP contribution is 2.10. The van der Waals surface area contributed by atoms with Crippen molar-refractivity contribution in [1.82, 2.24) is 25.0 Å². The van der Waals surface area contributed by atoms with Gasteiger partial charge in [-0.3, -0.25) is 9.69 Å². The van der Waals surface area contributed by atoms with Crippen LogP contribution in [0.1, 0.15) is 31.1 Å². The Morgan fingerprint density at radius 1 is 1.15 bits per heavy atom. The summed E-state index contributed by atoms with van der Waals surface area (Å²) < 4.78 is 2.16. The van der Waals surface area contributed by atoms with Crippen LogP contribution in [0.25, 0.3) is 0 Å². The molecule has 0 bridgehead atoms. The molecule has 6 heteroatoms. The summed E-state index contributed by atoms with van der Waals surface area (Å²) in [5.74, 6) is 1.86. The molecule has 1 aromatic heterocycles. The molecular weight excluding hydrogens is 326 g/mol. The lowest BCUT2D eigenvalue weighted by Crippen LogP contribution is -2.29. The standard InChI is InChI=1S/C20H27N5O/c1-16(2)8-10-24-11-9-18-22-23-19(25(18)13-12-24)15-21-20(26)14-17-6-4-3-5-7-17/h3-8H,9-15H2,1-2H3,(H,21,26). The average Bonchev–Trinajstić information content (AvgIpc) is 2.90. The number of nitrogens with one attached hydrogen (secondary N) is 1. The van der Waals surface area contributed by atoms with Gasteiger partial charge in [-0.05, 0) is 19.4 Å². The monoisotopic (exact) mass is 353 g/mol. The van der Waals surface area contributed by atoms with Crippen molar-refractivity contribution in [3.63, 3.8) is 0 Å². The summed E-state index contributed by atoms with van der Waals surface area (Å²) in [6, 6.07) is 9.77. The predicted octanol–water partition coefficient (Wildman–Crippen LogP) is 1.96. The van der Waals surface area contributed by atoms with E-state index >= 15 is 0 Å². The Morgan fingerprint density at radius 2 is 1.96 bits per heavy atom. The summed E-state index contributed by atoms with van der Waals surface area (Å²) in [4.78, 5) is 14.6. The van der Waals surface area contributed by atoms with Gasteiger partial charge in [0.15, 0.2) is 5.82 Å². The summed E-state index contributed by atoms with van der Waals surface area (Å²) in [6.45, 7) is 8.48. The van der Waals surface area contributed by atoms with Gasteiger partial charge in [0.2, 0.25) is 5.91 Å². The van der Waals surface area contributed by atoms with Crippen LogP contribution in [0.5, 0.6) is 0 Å². The number of carbonyl (C=O) groups excluding carboxylic acids is 1. The first-order valence-electron chi connectivity index (χ1n) is 9.19. The van der Waals surface area contributed by atoms with Crippen molar-refractivity contribution < 1.29 is 4.79 Å². The van der Waals surface area contributed by atoms with E-state index in [-0.39, 0.29) is 5.91 Å². The molecule has 1 amide bonds. The van der Waals surface area contributed by atoms with Crippen molar-refractivity contribution in [2.24, 2.45) is 0 Å². The van der Waals surface area contributed by atoms with E-state index in [4.69, 9.17) is 0 Å². The molecule has 1 N–H and O–H groups in total. The fourth-order valence-corrected chi connectivity index (χ4v) is 3.07. The van der Waals surface area contributed by atoms with Gasteiger partial charge in [0.05, 0.1) is 13.0 Å². The molecule has 0 spiro atoms. The van der Waals surface area contributed by atoms with E-state index in [0.29, 0.717) is 13.0 Å². The van der Waals surface area contributed by atoms with Gasteiger partial charge in [0.25, 0.3) is 0 Å². The SMILES string of the molecule is CC(C)=CCN1CCc2nnc(CNC(=O)Cc3ccccc3)n2CC1. The first-order valence-corrected chi connectivity index (χ1v) is 9.19. The molecule has 3 rings (SSSR count). The summed E-state index contributed by atoms with van der Waals surface area (Å²) in [7, 11) is 0. The van der Waals surface area contributed by atoms with Crippen LogP contribution in [-0.4, -0.2) is 45.2 Å². The number of aromatic nitrogens is 3. The topological polar surface area (TPSA) is 63.1 Å². The molecule has 0 fully saturated rings. The lowest BCUT2D eigenvalue weighted by molar-refractivity contribution is -0.120. The van der Waals surface area contributed by atoms with Crippen LogP contribution in [-0.2, 0) is 30.7 Å². The number of fused-ring (bicyclic) bond motifs is 1. The van der Waals surface area contributed by atoms with Gasteiger partial charge in [-0.1, -0.05) is 42.0 Å². The number of allylic oxidation sites excluding steroid dienone is 1. The van der Waals surface area contributed by atoms with Gasteiger partial charge in [0, 0.05) is 32.6 Å². The lowest BCUT2D eigenvalue weighted by Gasteiger charge is -2.17. The molecule has 6 nitrogen and oxygen atoms in total. The maximum Gasteiger partial charge on any atom is 0.224 e. The number of hydrogen-bond acceptors (Lipinski definition) is 4. The average molecular weight is 353 g/mol. The number of amides is 1. The molecule has 2 heterocycles. The minimum Gasteiger partial charge on any atom is -0.349 e. The van der Waals surface area contributed by atoms with Gasteiger partial charge in [0.1, 0.15) is 5.82 Å². The summed E-state index contributed by atoms with van der Waals surface area (Å²) in [5, 5.41) is 11.6. The molecule has 138 valence electrons. The molecule has 1 aliphatic heterocycles. The molecule has 1 aromatic carbocycles. The van der Waals surface area contributed by atoms with Gasteiger partial charge in [-0.2, -0.15) is 0 Å². The molecule has 26 heavy (non-hydrogen) atoms. The predicted molar refractivity (Wildman–Crippen MR) is 102 cm³/mol. The minimum atomic E-state index is 0.00681. The lowest BCUT2D eigenvalue weighted by atomic mass is 10.1. The molecule has 0 saturated heterocycles. The van der Waals surface area contributed by atoms with Crippen molar-refractivity contribution in [2.45, 2.75) is 39.8 Å². The Kier molecular flexibility index (Phi) is 6.17. The third kappa shape index (κ3) is 5.02. The van der Waals surface area contributed by atoms with Gasteiger partial charge >= 0.3 is 0 Å². The van der Waals surface area contributed by atoms with Crippen LogP contribution in [0.4, 0.5) is 0 Å². The highest BCUT2D eigenvalue weighted by atomic mass is 16.1. The van der Waals surface area contributed by atoms with E-state index in [0.717, 1.165) is 49.8 Å². The quantitative estimate of drug-likeness (QED) is 0.807. The first kappa shape index (κ1) is 18.3. The fourth-order valence-electron chi connectivity index (χ4n) is 3.07. The summed E-state index contributed by atoms with van der Waals surface area (Å²) >= 11 is 0. The van der Waals surface area contributed by atoms with Crippen LogP contribution in [0.15, 0.2) is 42.0 Å². The third-order valence-corrected chi connectivity index (χ3v) is 4.60. The number of carbonyl (C=O) groups is 1. The van der Waals surface area contributed by atoms with E-state index in [1.54, 1.807) is 0 Å². The van der Waals surface area contributed by atoms with E-state index in [1.807, 2.05) is 30.3 Å². The van der Waals surface area contributed by atoms with Crippen LogP contribution >= 0.6 is 0 Å². The highest BCUT2D eigenvalue weighted by molar-refractivity contribution is 5.78. The van der Waals surface area contributed by atoms with E-state index in [1.165, 1.54) is 5.57 Å². The summed E-state index contributed by atoms with van der Waals surface area (Å²) in [6.07, 6.45) is 3.54. The number of rotatable bonds is 6. The Balaban J connectivity index is 1.54. The van der Waals surface area contributed by atoms with Crippen LogP contribution in [0.2, 0.25) is 0 Å². The largest absolute Gasteiger partial charge is 0.349 e. The second-order valence-electron chi connectivity index (χ2n) is 6.96. The molecule has 0 saturated carbocycles. The van der Waals surface area contributed by atoms with E-state index in [9.17, 15) is 4.79 Å². The van der Waals surface area contributed by atoms with Crippen molar-refractivity contribution in [3.8, 4) is 0 Å². The number of benzene rings is 1. The molecule has 1 aliphatic rings.